The van der Waals surface area contributed by atoms with Gasteiger partial charge in [0.15, 0.2) is 0 Å². The molecule has 0 spiro atoms. The zero-order valence-electron chi connectivity index (χ0n) is 21.5. The molecule has 0 aliphatic rings. The van der Waals surface area contributed by atoms with Gasteiger partial charge in [-0.05, 0) is 53.6 Å². The summed E-state index contributed by atoms with van der Waals surface area (Å²) in [4.78, 5) is 25.0. The molecule has 9 heteroatoms. The summed E-state index contributed by atoms with van der Waals surface area (Å²) in [7, 11) is 3.68. The molecular formula is C29H28N8O. The van der Waals surface area contributed by atoms with Gasteiger partial charge >= 0.3 is 0 Å². The maximum absolute atomic E-state index is 12.6. The van der Waals surface area contributed by atoms with Crippen LogP contribution in [0.15, 0.2) is 85.1 Å². The van der Waals surface area contributed by atoms with Crippen LogP contribution in [0.4, 0.5) is 23.1 Å². The van der Waals surface area contributed by atoms with Crippen LogP contribution in [0, 0.1) is 6.92 Å². The Morgan fingerprint density at radius 3 is 2.34 bits per heavy atom. The van der Waals surface area contributed by atoms with Crippen LogP contribution in [-0.4, -0.2) is 43.0 Å². The molecule has 38 heavy (non-hydrogen) atoms. The highest BCUT2D eigenvalue weighted by Gasteiger charge is 2.11. The number of hydrogen-bond donors (Lipinski definition) is 1. The Bertz CT molecular complexity index is 1540. The molecule has 2 aromatic heterocycles. The number of carbonyl (C=O) groups is 1. The second-order valence-electron chi connectivity index (χ2n) is 9.15. The molecule has 3 aromatic carbocycles. The summed E-state index contributed by atoms with van der Waals surface area (Å²) < 4.78 is 0. The molecule has 0 unspecified atom stereocenters. The van der Waals surface area contributed by atoms with Crippen LogP contribution in [0.2, 0.25) is 0 Å². The van der Waals surface area contributed by atoms with E-state index >= 15 is 0 Å². The number of nitrogens with one attached hydrogen (secondary N) is 1. The Balaban J connectivity index is 1.23. The van der Waals surface area contributed by atoms with Gasteiger partial charge in [-0.1, -0.05) is 54.1 Å². The van der Waals surface area contributed by atoms with Gasteiger partial charge in [-0.25, -0.2) is 4.98 Å². The Morgan fingerprint density at radius 2 is 1.66 bits per heavy atom. The van der Waals surface area contributed by atoms with Gasteiger partial charge < -0.3 is 10.2 Å². The largest absolute Gasteiger partial charge is 0.329 e. The van der Waals surface area contributed by atoms with Gasteiger partial charge in [-0.3, -0.25) is 4.79 Å². The van der Waals surface area contributed by atoms with E-state index in [-0.39, 0.29) is 5.78 Å². The first kappa shape index (κ1) is 24.8. The van der Waals surface area contributed by atoms with Crippen molar-refractivity contribution in [2.24, 2.45) is 7.05 Å². The Morgan fingerprint density at radius 1 is 0.947 bits per heavy atom. The number of rotatable bonds is 9. The van der Waals surface area contributed by atoms with Gasteiger partial charge in [-0.2, -0.15) is 9.78 Å². The van der Waals surface area contributed by atoms with Gasteiger partial charge in [0.05, 0.1) is 7.05 Å². The van der Waals surface area contributed by atoms with E-state index in [1.165, 1.54) is 10.4 Å². The fourth-order valence-electron chi connectivity index (χ4n) is 4.05. The highest BCUT2D eigenvalue weighted by molar-refractivity contribution is 5.83. The van der Waals surface area contributed by atoms with Crippen LogP contribution >= 0.6 is 0 Å². The quantitative estimate of drug-likeness (QED) is 0.304. The molecule has 1 N–H and O–H groups in total. The highest BCUT2D eigenvalue weighted by Crippen LogP contribution is 2.25. The lowest BCUT2D eigenvalue weighted by Crippen LogP contribution is -2.12. The molecule has 0 saturated carbocycles. The molecule has 190 valence electrons. The predicted octanol–water partition coefficient (Wildman–Crippen LogP) is 4.84. The van der Waals surface area contributed by atoms with E-state index in [9.17, 15) is 4.79 Å². The fourth-order valence-corrected chi connectivity index (χ4v) is 4.05. The lowest BCUT2D eigenvalue weighted by atomic mass is 10.0. The van der Waals surface area contributed by atoms with Gasteiger partial charge in [0, 0.05) is 43.0 Å². The number of carbonyl (C=O) groups excluding carboxylic acids is 1. The molecule has 0 fully saturated rings. The van der Waals surface area contributed by atoms with Crippen molar-refractivity contribution in [3.63, 3.8) is 0 Å². The number of ketones is 1. The normalized spacial score (nSPS) is 10.8. The molecule has 0 amide bonds. The standard InChI is InChI=1S/C29H28N8O/c1-20-7-9-21(10-8-20)17-26(38)18-22-11-13-25(14-12-22)36(2)27-15-16-30-29(32-27)31-24-6-4-5-23(19-24)28-33-35-37(3)34-28/h4-16,19H,17-18H2,1-3H3,(H,30,31,32). The lowest BCUT2D eigenvalue weighted by molar-refractivity contribution is -0.117. The third kappa shape index (κ3) is 6.07. The number of nitrogens with zero attached hydrogens (tertiary/aromatic N) is 7. The SMILES string of the molecule is Cc1ccc(CC(=O)Cc2ccc(N(C)c3ccnc(Nc4cccc(-c5nnn(C)n5)c4)n3)cc2)cc1. The van der Waals surface area contributed by atoms with E-state index in [1.807, 2.05) is 97.7 Å². The molecule has 0 atom stereocenters. The Hall–Kier alpha value is -4.92. The molecular weight excluding hydrogens is 476 g/mol. The van der Waals surface area contributed by atoms with Crippen molar-refractivity contribution >= 4 is 28.9 Å². The average molecular weight is 505 g/mol. The van der Waals surface area contributed by atoms with Crippen molar-refractivity contribution in [3.05, 3.63) is 102 Å². The van der Waals surface area contributed by atoms with Crippen LogP contribution in [0.3, 0.4) is 0 Å². The third-order valence-electron chi connectivity index (χ3n) is 6.12. The average Bonchev–Trinajstić information content (AvgIpc) is 3.37. The van der Waals surface area contributed by atoms with Crippen LogP contribution in [-0.2, 0) is 24.7 Å². The first-order chi connectivity index (χ1) is 18.4. The van der Waals surface area contributed by atoms with Gasteiger partial charge in [0.2, 0.25) is 11.8 Å². The summed E-state index contributed by atoms with van der Waals surface area (Å²) in [5, 5.41) is 15.5. The Kier molecular flexibility index (Phi) is 7.17. The minimum atomic E-state index is 0.195. The topological polar surface area (TPSA) is 102 Å². The smallest absolute Gasteiger partial charge is 0.229 e. The number of tetrazole rings is 1. The molecule has 2 heterocycles. The molecule has 0 aliphatic carbocycles. The number of aryl methyl sites for hydroxylation is 2. The minimum Gasteiger partial charge on any atom is -0.329 e. The summed E-state index contributed by atoms with van der Waals surface area (Å²) in [6.45, 7) is 2.04. The predicted molar refractivity (Wildman–Crippen MR) is 148 cm³/mol. The second-order valence-corrected chi connectivity index (χ2v) is 9.15. The number of Topliss-reactive ketones (excluding diaryl/α,β-unsaturated/α-hetero) is 1. The fraction of sp³-hybridized carbons (Fsp3) is 0.172. The molecule has 9 nitrogen and oxygen atoms in total. The molecule has 5 aromatic rings. The molecule has 5 rings (SSSR count). The van der Waals surface area contributed by atoms with Gasteiger partial charge in [0.1, 0.15) is 11.6 Å². The number of benzene rings is 3. The maximum atomic E-state index is 12.6. The van der Waals surface area contributed by atoms with E-state index in [2.05, 4.69) is 30.7 Å². The highest BCUT2D eigenvalue weighted by atomic mass is 16.1. The van der Waals surface area contributed by atoms with Crippen molar-refractivity contribution in [1.82, 2.24) is 30.2 Å². The molecule has 0 saturated heterocycles. The van der Waals surface area contributed by atoms with Crippen molar-refractivity contribution in [3.8, 4) is 11.4 Å². The summed E-state index contributed by atoms with van der Waals surface area (Å²) in [5.41, 5.74) is 5.84. The maximum Gasteiger partial charge on any atom is 0.229 e. The van der Waals surface area contributed by atoms with Crippen molar-refractivity contribution < 1.29 is 4.79 Å². The van der Waals surface area contributed by atoms with Gasteiger partial charge in [-0.15, -0.1) is 10.2 Å². The van der Waals surface area contributed by atoms with Crippen molar-refractivity contribution in [2.45, 2.75) is 19.8 Å². The number of aromatic nitrogens is 6. The minimum absolute atomic E-state index is 0.195. The first-order valence-corrected chi connectivity index (χ1v) is 12.3. The van der Waals surface area contributed by atoms with Crippen LogP contribution in [0.1, 0.15) is 16.7 Å². The zero-order chi connectivity index (χ0) is 26.5. The van der Waals surface area contributed by atoms with Crippen molar-refractivity contribution in [1.29, 1.82) is 0 Å². The zero-order valence-corrected chi connectivity index (χ0v) is 21.5. The van der Waals surface area contributed by atoms with E-state index in [4.69, 9.17) is 0 Å². The van der Waals surface area contributed by atoms with E-state index < -0.39 is 0 Å². The first-order valence-electron chi connectivity index (χ1n) is 12.3. The van der Waals surface area contributed by atoms with Crippen LogP contribution < -0.4 is 10.2 Å². The summed E-state index contributed by atoms with van der Waals surface area (Å²) >= 11 is 0. The van der Waals surface area contributed by atoms with Crippen LogP contribution in [0.5, 0.6) is 0 Å². The summed E-state index contributed by atoms with van der Waals surface area (Å²) in [6.07, 6.45) is 2.56. The third-order valence-corrected chi connectivity index (χ3v) is 6.12. The molecule has 0 radical (unpaired) electrons. The summed E-state index contributed by atoms with van der Waals surface area (Å²) in [5.74, 6) is 1.95. The second kappa shape index (κ2) is 11.0. The van der Waals surface area contributed by atoms with E-state index in [1.54, 1.807) is 13.2 Å². The monoisotopic (exact) mass is 504 g/mol. The van der Waals surface area contributed by atoms with E-state index in [0.717, 1.165) is 33.9 Å². The van der Waals surface area contributed by atoms with Crippen LogP contribution in [0.25, 0.3) is 11.4 Å². The summed E-state index contributed by atoms with van der Waals surface area (Å²) in [6, 6.07) is 25.6. The van der Waals surface area contributed by atoms with Crippen molar-refractivity contribution in [2.75, 3.05) is 17.3 Å². The van der Waals surface area contributed by atoms with E-state index in [0.29, 0.717) is 24.6 Å². The Labute approximate surface area is 221 Å². The lowest BCUT2D eigenvalue weighted by Gasteiger charge is -2.19. The number of hydrogen-bond acceptors (Lipinski definition) is 8. The molecule has 0 aliphatic heterocycles. The van der Waals surface area contributed by atoms with Gasteiger partial charge in [0.25, 0.3) is 0 Å². The molecule has 0 bridgehead atoms. The number of anilines is 4.